The summed E-state index contributed by atoms with van der Waals surface area (Å²) in [6.07, 6.45) is 2.48. The van der Waals surface area contributed by atoms with E-state index < -0.39 is 7.32 Å². The Morgan fingerprint density at radius 2 is 1.96 bits per heavy atom. The number of hydrogen-bond acceptors (Lipinski definition) is 7. The summed E-state index contributed by atoms with van der Waals surface area (Å²) in [5.41, 5.74) is 0. The second-order valence-electron chi connectivity index (χ2n) is 6.15. The summed E-state index contributed by atoms with van der Waals surface area (Å²) in [6.45, 7) is 4.09. The molecule has 0 bridgehead atoms. The number of anilines is 1. The van der Waals surface area contributed by atoms with Gasteiger partial charge < -0.3 is 34.1 Å². The first kappa shape index (κ1) is 17.8. The van der Waals surface area contributed by atoms with Crippen molar-refractivity contribution in [2.75, 3.05) is 51.3 Å². The van der Waals surface area contributed by atoms with Gasteiger partial charge in [0.25, 0.3) is 0 Å². The van der Waals surface area contributed by atoms with Crippen LogP contribution in [-0.4, -0.2) is 90.7 Å². The van der Waals surface area contributed by atoms with E-state index >= 15 is 0 Å². The third-order valence-electron chi connectivity index (χ3n) is 4.59. The Bertz CT molecular complexity index is 580. The molecule has 136 valence electrons. The van der Waals surface area contributed by atoms with Crippen molar-refractivity contribution < 1.29 is 24.2 Å². The van der Waals surface area contributed by atoms with Crippen molar-refractivity contribution in [2.24, 2.45) is 0 Å². The molecular formula is C15H23BN4O5. The van der Waals surface area contributed by atoms with Gasteiger partial charge in [-0.3, -0.25) is 0 Å². The fraction of sp³-hybridized carbons (Fsp3) is 0.600. The lowest BCUT2D eigenvalue weighted by atomic mass is 10.2. The van der Waals surface area contributed by atoms with E-state index in [4.69, 9.17) is 19.4 Å². The lowest BCUT2D eigenvalue weighted by Gasteiger charge is -2.37. The third-order valence-corrected chi connectivity index (χ3v) is 4.59. The summed E-state index contributed by atoms with van der Waals surface area (Å²) in [5, 5.41) is 17.5. The van der Waals surface area contributed by atoms with E-state index in [9.17, 15) is 4.79 Å². The second-order valence-corrected chi connectivity index (χ2v) is 6.15. The monoisotopic (exact) mass is 350 g/mol. The van der Waals surface area contributed by atoms with E-state index in [1.54, 1.807) is 19.2 Å². The van der Waals surface area contributed by atoms with Crippen molar-refractivity contribution in [1.82, 2.24) is 14.8 Å². The standard InChI is InChI=1S/C15H23BN4O5/c1-24-13-4-5-20(11-13)15(21)19-8-6-18(7-9-19)14-3-2-12(10-17-14)25-16(22)23/h2-3,10,13,22-23H,4-9,11H2,1H3/t13-/m0/s1. The summed E-state index contributed by atoms with van der Waals surface area (Å²) in [5.74, 6) is 1.06. The van der Waals surface area contributed by atoms with E-state index in [-0.39, 0.29) is 17.9 Å². The van der Waals surface area contributed by atoms with Crippen LogP contribution < -0.4 is 9.55 Å². The number of aromatic nitrogens is 1. The summed E-state index contributed by atoms with van der Waals surface area (Å²) in [7, 11) is -0.173. The molecule has 3 rings (SSSR count). The highest BCUT2D eigenvalue weighted by Crippen LogP contribution is 2.19. The van der Waals surface area contributed by atoms with Crippen LogP contribution in [0.15, 0.2) is 18.3 Å². The predicted molar refractivity (Wildman–Crippen MR) is 91.2 cm³/mol. The molecule has 1 aromatic rings. The Morgan fingerprint density at radius 3 is 2.52 bits per heavy atom. The molecule has 2 aliphatic rings. The molecule has 0 unspecified atom stereocenters. The smallest absolute Gasteiger partial charge is 0.511 e. The molecule has 0 saturated carbocycles. The molecule has 3 heterocycles. The highest BCUT2D eigenvalue weighted by atomic mass is 16.6. The van der Waals surface area contributed by atoms with E-state index in [1.807, 2.05) is 9.80 Å². The number of hydrogen-bond donors (Lipinski definition) is 2. The van der Waals surface area contributed by atoms with Crippen LogP contribution in [-0.2, 0) is 4.74 Å². The van der Waals surface area contributed by atoms with Gasteiger partial charge in [0.1, 0.15) is 11.6 Å². The van der Waals surface area contributed by atoms with Gasteiger partial charge in [-0.25, -0.2) is 9.78 Å². The summed E-state index contributed by atoms with van der Waals surface area (Å²) in [4.78, 5) is 22.6. The number of urea groups is 1. The highest BCUT2D eigenvalue weighted by molar-refractivity contribution is 6.33. The number of pyridine rings is 1. The quantitative estimate of drug-likeness (QED) is 0.699. The molecule has 10 heteroatoms. The minimum absolute atomic E-state index is 0.0767. The number of piperazine rings is 1. The van der Waals surface area contributed by atoms with Gasteiger partial charge in [-0.1, -0.05) is 0 Å². The maximum Gasteiger partial charge on any atom is 0.707 e. The number of carbonyl (C=O) groups excluding carboxylic acids is 1. The number of ether oxygens (including phenoxy) is 1. The summed E-state index contributed by atoms with van der Waals surface area (Å²) >= 11 is 0. The Hall–Kier alpha value is -2.04. The maximum atomic E-state index is 12.6. The van der Waals surface area contributed by atoms with E-state index in [0.29, 0.717) is 32.7 Å². The van der Waals surface area contributed by atoms with Crippen molar-refractivity contribution in [3.63, 3.8) is 0 Å². The highest BCUT2D eigenvalue weighted by Gasteiger charge is 2.31. The van der Waals surface area contributed by atoms with Crippen molar-refractivity contribution in [2.45, 2.75) is 12.5 Å². The fourth-order valence-electron chi connectivity index (χ4n) is 3.17. The van der Waals surface area contributed by atoms with Crippen molar-refractivity contribution in [1.29, 1.82) is 0 Å². The largest absolute Gasteiger partial charge is 0.707 e. The molecule has 2 aliphatic heterocycles. The van der Waals surface area contributed by atoms with Crippen LogP contribution in [0.1, 0.15) is 6.42 Å². The third kappa shape index (κ3) is 4.33. The lowest BCUT2D eigenvalue weighted by molar-refractivity contribution is 0.105. The van der Waals surface area contributed by atoms with Crippen molar-refractivity contribution >= 4 is 19.2 Å². The van der Waals surface area contributed by atoms with E-state index in [0.717, 1.165) is 18.8 Å². The van der Waals surface area contributed by atoms with Crippen LogP contribution in [0.4, 0.5) is 10.6 Å². The van der Waals surface area contributed by atoms with Gasteiger partial charge in [0.05, 0.1) is 12.3 Å². The van der Waals surface area contributed by atoms with Crippen molar-refractivity contribution in [3.8, 4) is 5.75 Å². The maximum absolute atomic E-state index is 12.6. The van der Waals surface area contributed by atoms with E-state index in [1.165, 1.54) is 6.20 Å². The number of amides is 2. The van der Waals surface area contributed by atoms with Gasteiger partial charge in [-0.15, -0.1) is 0 Å². The fourth-order valence-corrected chi connectivity index (χ4v) is 3.17. The zero-order valence-electron chi connectivity index (χ0n) is 14.2. The zero-order valence-corrected chi connectivity index (χ0v) is 14.2. The number of rotatable bonds is 4. The van der Waals surface area contributed by atoms with Gasteiger partial charge in [-0.05, 0) is 18.6 Å². The molecule has 25 heavy (non-hydrogen) atoms. The molecule has 1 aromatic heterocycles. The van der Waals surface area contributed by atoms with E-state index in [2.05, 4.69) is 9.88 Å². The molecule has 2 N–H and O–H groups in total. The summed E-state index contributed by atoms with van der Waals surface area (Å²) in [6, 6.07) is 3.47. The molecular weight excluding hydrogens is 327 g/mol. The van der Waals surface area contributed by atoms with Crippen LogP contribution in [0, 0.1) is 0 Å². The Balaban J connectivity index is 1.50. The first-order valence-electron chi connectivity index (χ1n) is 8.37. The normalized spacial score (nSPS) is 20.8. The molecule has 9 nitrogen and oxygen atoms in total. The Morgan fingerprint density at radius 1 is 1.20 bits per heavy atom. The van der Waals surface area contributed by atoms with Crippen LogP contribution >= 0.6 is 0 Å². The van der Waals surface area contributed by atoms with Gasteiger partial charge in [0, 0.05) is 46.4 Å². The first-order valence-corrected chi connectivity index (χ1v) is 8.37. The minimum atomic E-state index is -1.86. The molecule has 0 radical (unpaired) electrons. The average molecular weight is 350 g/mol. The number of carbonyl (C=O) groups is 1. The van der Waals surface area contributed by atoms with Gasteiger partial charge in [0.2, 0.25) is 0 Å². The Labute approximate surface area is 146 Å². The lowest BCUT2D eigenvalue weighted by Crippen LogP contribution is -2.52. The van der Waals surface area contributed by atoms with Crippen LogP contribution in [0.2, 0.25) is 0 Å². The molecule has 2 fully saturated rings. The van der Waals surface area contributed by atoms with Gasteiger partial charge in [-0.2, -0.15) is 0 Å². The molecule has 0 aromatic carbocycles. The molecule has 0 aliphatic carbocycles. The summed E-state index contributed by atoms with van der Waals surface area (Å²) < 4.78 is 10.1. The minimum Gasteiger partial charge on any atom is -0.511 e. The van der Waals surface area contributed by atoms with Gasteiger partial charge in [0.15, 0.2) is 0 Å². The molecule has 1 atom stereocenters. The number of nitrogens with zero attached hydrogens (tertiary/aromatic N) is 4. The van der Waals surface area contributed by atoms with Crippen molar-refractivity contribution in [3.05, 3.63) is 18.3 Å². The molecule has 0 spiro atoms. The van der Waals surface area contributed by atoms with Crippen LogP contribution in [0.5, 0.6) is 5.75 Å². The van der Waals surface area contributed by atoms with Crippen LogP contribution in [0.3, 0.4) is 0 Å². The predicted octanol–water partition coefficient (Wildman–Crippen LogP) is -0.607. The SMILES string of the molecule is CO[C@H]1CCN(C(=O)N2CCN(c3ccc(OB(O)O)cn3)CC2)C1. The zero-order chi connectivity index (χ0) is 17.8. The Kier molecular flexibility index (Phi) is 5.62. The first-order chi connectivity index (χ1) is 12.1. The molecule has 2 saturated heterocycles. The average Bonchev–Trinajstić information content (AvgIpc) is 3.11. The number of methoxy groups -OCH3 is 1. The number of likely N-dealkylation sites (tertiary alicyclic amines) is 1. The van der Waals surface area contributed by atoms with Crippen LogP contribution in [0.25, 0.3) is 0 Å². The van der Waals surface area contributed by atoms with Gasteiger partial charge >= 0.3 is 13.4 Å². The molecule has 2 amide bonds. The second kappa shape index (κ2) is 7.90. The topological polar surface area (TPSA) is 98.6 Å².